The van der Waals surface area contributed by atoms with Crippen LogP contribution in [0.15, 0.2) is 46.1 Å². The number of benzene rings is 1. The monoisotopic (exact) mass is 444 g/mol. The molecule has 0 N–H and O–H groups in total. The molecular formula is C21H17ClN2O3S2. The Labute approximate surface area is 182 Å². The summed E-state index contributed by atoms with van der Waals surface area (Å²) in [6.45, 7) is 1.40. The third-order valence-electron chi connectivity index (χ3n) is 6.18. The fourth-order valence-electron chi connectivity index (χ4n) is 4.89. The predicted octanol–water partition coefficient (Wildman–Crippen LogP) is 4.00. The number of pyridine rings is 1. The third kappa shape index (κ3) is 2.35. The number of halogens is 1. The largest absolute Gasteiger partial charge is 0.453 e. The van der Waals surface area contributed by atoms with Crippen molar-refractivity contribution in [1.82, 2.24) is 4.57 Å². The number of hydrogen-bond donors (Lipinski definition) is 0. The van der Waals surface area contributed by atoms with Crippen molar-refractivity contribution in [3.05, 3.63) is 62.9 Å². The maximum absolute atomic E-state index is 13.0. The summed E-state index contributed by atoms with van der Waals surface area (Å²) in [5.41, 5.74) is 2.52. The summed E-state index contributed by atoms with van der Waals surface area (Å²) in [6.07, 6.45) is 3.82. The number of thioether (sulfide) groups is 1. The van der Waals surface area contributed by atoms with E-state index in [1.807, 2.05) is 18.2 Å². The molecule has 0 saturated carbocycles. The minimum Gasteiger partial charge on any atom is -0.453 e. The van der Waals surface area contributed by atoms with Crippen LogP contribution in [0.1, 0.15) is 24.1 Å². The molecule has 2 atom stereocenters. The van der Waals surface area contributed by atoms with Crippen LogP contribution in [0.3, 0.4) is 0 Å². The van der Waals surface area contributed by atoms with Crippen molar-refractivity contribution >= 4 is 46.3 Å². The van der Waals surface area contributed by atoms with Crippen LogP contribution in [0.5, 0.6) is 11.5 Å². The topological polar surface area (TPSA) is 43.7 Å². The highest BCUT2D eigenvalue weighted by molar-refractivity contribution is 8.05. The van der Waals surface area contributed by atoms with Gasteiger partial charge in [-0.05, 0) is 24.5 Å². The molecule has 1 aromatic heterocycles. The number of rotatable bonds is 2. The maximum Gasteiger partial charge on any atom is 0.297 e. The van der Waals surface area contributed by atoms with E-state index in [-0.39, 0.29) is 17.1 Å². The summed E-state index contributed by atoms with van der Waals surface area (Å²) < 4.78 is 12.9. The van der Waals surface area contributed by atoms with Gasteiger partial charge in [-0.15, -0.1) is 23.4 Å². The van der Waals surface area contributed by atoms with Crippen LogP contribution in [-0.2, 0) is 12.0 Å². The predicted molar refractivity (Wildman–Crippen MR) is 119 cm³/mol. The molecule has 5 heterocycles. The first kappa shape index (κ1) is 17.9. The van der Waals surface area contributed by atoms with Crippen LogP contribution < -0.4 is 19.9 Å². The standard InChI is InChI=1S/C21H17ClN2O3S2/c22-17-6-5-12(29-17)10-24-14-4-2-1-3-13(14)21(20(24)28)7-8-23-16(21)9-15-18(19(23)25)27-11-26-15/h1-5,9,17H,6-8,10-11H2. The third-order valence-corrected chi connectivity index (χ3v) is 8.24. The first-order chi connectivity index (χ1) is 14.1. The number of thiocarbonyl (C=S) groups is 1. The number of para-hydroxylation sites is 1. The first-order valence-electron chi connectivity index (χ1n) is 9.55. The number of hydrogen-bond acceptors (Lipinski definition) is 5. The number of ether oxygens (including phenoxy) is 2. The number of aromatic nitrogens is 1. The zero-order valence-electron chi connectivity index (χ0n) is 15.4. The van der Waals surface area contributed by atoms with Crippen LogP contribution in [0.2, 0.25) is 0 Å². The van der Waals surface area contributed by atoms with E-state index < -0.39 is 5.41 Å². The second kappa shape index (κ2) is 6.27. The summed E-state index contributed by atoms with van der Waals surface area (Å²) in [5, 5.41) is 0. The van der Waals surface area contributed by atoms with Crippen LogP contribution >= 0.6 is 35.6 Å². The van der Waals surface area contributed by atoms with Gasteiger partial charge in [0.25, 0.3) is 5.56 Å². The Morgan fingerprint density at radius 2 is 2.17 bits per heavy atom. The zero-order valence-corrected chi connectivity index (χ0v) is 17.8. The van der Waals surface area contributed by atoms with Gasteiger partial charge in [0.1, 0.15) is 0 Å². The van der Waals surface area contributed by atoms with E-state index in [1.165, 1.54) is 4.91 Å². The molecule has 0 radical (unpaired) electrons. The number of fused-ring (bicyclic) bond motifs is 5. The van der Waals surface area contributed by atoms with E-state index in [9.17, 15) is 4.79 Å². The molecule has 0 amide bonds. The van der Waals surface area contributed by atoms with Crippen LogP contribution in [-0.4, -0.2) is 27.6 Å². The van der Waals surface area contributed by atoms with Gasteiger partial charge in [0, 0.05) is 28.9 Å². The summed E-state index contributed by atoms with van der Waals surface area (Å²) in [5.74, 6) is 0.820. The molecule has 2 aromatic rings. The number of nitrogens with zero attached hydrogens (tertiary/aromatic N) is 2. The number of anilines is 1. The van der Waals surface area contributed by atoms with E-state index in [1.54, 1.807) is 16.3 Å². The van der Waals surface area contributed by atoms with Gasteiger partial charge in [0.05, 0.1) is 21.7 Å². The summed E-state index contributed by atoms with van der Waals surface area (Å²) >= 11 is 14.1. The molecule has 6 rings (SSSR count). The molecule has 2 unspecified atom stereocenters. The molecule has 4 aliphatic heterocycles. The minimum atomic E-state index is -0.504. The van der Waals surface area contributed by atoms with Crippen molar-refractivity contribution in [2.24, 2.45) is 0 Å². The molecule has 5 nitrogen and oxygen atoms in total. The normalized spacial score (nSPS) is 26.2. The molecule has 1 spiro atoms. The molecule has 8 heteroatoms. The SMILES string of the molecule is O=c1c2c(cc3n1CCC31C(=S)N(CC3=CCC(Cl)S3)c3ccccc31)OCO2. The Hall–Kier alpha value is -1.96. The van der Waals surface area contributed by atoms with Crippen molar-refractivity contribution in [2.75, 3.05) is 18.2 Å². The van der Waals surface area contributed by atoms with Gasteiger partial charge in [-0.3, -0.25) is 4.79 Å². The van der Waals surface area contributed by atoms with Crippen molar-refractivity contribution in [3.8, 4) is 11.5 Å². The Kier molecular flexibility index (Phi) is 3.86. The Balaban J connectivity index is 1.51. The zero-order chi connectivity index (χ0) is 19.8. The summed E-state index contributed by atoms with van der Waals surface area (Å²) in [6, 6.07) is 10.3. The molecule has 4 aliphatic rings. The second-order valence-electron chi connectivity index (χ2n) is 7.58. The Morgan fingerprint density at radius 3 is 3.00 bits per heavy atom. The van der Waals surface area contributed by atoms with Crippen LogP contribution in [0, 0.1) is 0 Å². The first-order valence-corrected chi connectivity index (χ1v) is 11.3. The average Bonchev–Trinajstić information content (AvgIpc) is 3.48. The lowest BCUT2D eigenvalue weighted by Gasteiger charge is -2.28. The lowest BCUT2D eigenvalue weighted by molar-refractivity contribution is 0.173. The van der Waals surface area contributed by atoms with Gasteiger partial charge in [-0.25, -0.2) is 0 Å². The van der Waals surface area contributed by atoms with Gasteiger partial charge < -0.3 is 18.9 Å². The average molecular weight is 445 g/mol. The lowest BCUT2D eigenvalue weighted by atomic mass is 9.78. The van der Waals surface area contributed by atoms with Gasteiger partial charge in [-0.2, -0.15) is 0 Å². The van der Waals surface area contributed by atoms with Gasteiger partial charge >= 0.3 is 0 Å². The highest BCUT2D eigenvalue weighted by Gasteiger charge is 2.53. The highest BCUT2D eigenvalue weighted by Crippen LogP contribution is 2.53. The Morgan fingerprint density at radius 1 is 1.31 bits per heavy atom. The van der Waals surface area contributed by atoms with E-state index in [0.29, 0.717) is 24.6 Å². The van der Waals surface area contributed by atoms with Gasteiger partial charge in [-0.1, -0.05) is 36.5 Å². The van der Waals surface area contributed by atoms with Crippen molar-refractivity contribution in [3.63, 3.8) is 0 Å². The molecular weight excluding hydrogens is 428 g/mol. The molecule has 0 bridgehead atoms. The molecule has 148 valence electrons. The Bertz CT molecular complexity index is 1160. The smallest absolute Gasteiger partial charge is 0.297 e. The van der Waals surface area contributed by atoms with Gasteiger partial charge in [0.15, 0.2) is 5.75 Å². The summed E-state index contributed by atoms with van der Waals surface area (Å²) in [4.78, 5) is 17.3. The quantitative estimate of drug-likeness (QED) is 0.515. The van der Waals surface area contributed by atoms with E-state index >= 15 is 0 Å². The lowest BCUT2D eigenvalue weighted by Crippen LogP contribution is -2.39. The minimum absolute atomic E-state index is 0.0825. The molecule has 0 saturated heterocycles. The number of allylic oxidation sites excluding steroid dienone is 1. The maximum atomic E-state index is 13.0. The molecule has 0 fully saturated rings. The van der Waals surface area contributed by atoms with E-state index in [0.717, 1.165) is 34.8 Å². The highest BCUT2D eigenvalue weighted by atomic mass is 35.5. The van der Waals surface area contributed by atoms with Crippen LogP contribution in [0.4, 0.5) is 5.69 Å². The van der Waals surface area contributed by atoms with Crippen LogP contribution in [0.25, 0.3) is 0 Å². The molecule has 0 aliphatic carbocycles. The molecule has 1 aromatic carbocycles. The van der Waals surface area contributed by atoms with E-state index in [4.69, 9.17) is 33.3 Å². The fraction of sp³-hybridized carbons (Fsp3) is 0.333. The number of alkyl halides is 1. The fourth-order valence-corrected chi connectivity index (χ4v) is 6.72. The van der Waals surface area contributed by atoms with Crippen molar-refractivity contribution in [1.29, 1.82) is 0 Å². The summed E-state index contributed by atoms with van der Waals surface area (Å²) in [7, 11) is 0. The van der Waals surface area contributed by atoms with Crippen molar-refractivity contribution < 1.29 is 9.47 Å². The molecule has 29 heavy (non-hydrogen) atoms. The van der Waals surface area contributed by atoms with E-state index in [2.05, 4.69) is 23.1 Å². The van der Waals surface area contributed by atoms with Crippen molar-refractivity contribution in [2.45, 2.75) is 29.5 Å². The second-order valence-corrected chi connectivity index (χ2v) is 10.1. The van der Waals surface area contributed by atoms with Gasteiger partial charge in [0.2, 0.25) is 12.5 Å².